The number of phenols is 1. The summed E-state index contributed by atoms with van der Waals surface area (Å²) in [6, 6.07) is 18.2. The van der Waals surface area contributed by atoms with Gasteiger partial charge >= 0.3 is 0 Å². The van der Waals surface area contributed by atoms with E-state index in [1.54, 1.807) is 30.3 Å². The minimum absolute atomic E-state index is 0.0801. The Morgan fingerprint density at radius 1 is 0.893 bits per heavy atom. The lowest BCUT2D eigenvalue weighted by Gasteiger charge is -2.10. The van der Waals surface area contributed by atoms with Gasteiger partial charge in [-0.3, -0.25) is 9.59 Å². The van der Waals surface area contributed by atoms with Crippen LogP contribution in [-0.4, -0.2) is 23.1 Å². The van der Waals surface area contributed by atoms with Gasteiger partial charge in [-0.1, -0.05) is 36.4 Å². The molecule has 3 aromatic rings. The van der Waals surface area contributed by atoms with Crippen LogP contribution in [0.5, 0.6) is 5.75 Å². The number of aromatic hydroxyl groups is 1. The molecule has 7 heteroatoms. The summed E-state index contributed by atoms with van der Waals surface area (Å²) < 4.78 is 13.8. The first kappa shape index (κ1) is 18.8. The maximum atomic E-state index is 13.8. The molecule has 3 N–H and O–H groups in total. The molecule has 0 aliphatic heterocycles. The average Bonchev–Trinajstić information content (AvgIpc) is 2.68. The van der Waals surface area contributed by atoms with E-state index in [2.05, 4.69) is 15.8 Å². The second-order valence-corrected chi connectivity index (χ2v) is 5.77. The van der Waals surface area contributed by atoms with Gasteiger partial charge in [-0.25, -0.2) is 9.82 Å². The third kappa shape index (κ3) is 4.59. The number of nitrogens with zero attached hydrogens (tertiary/aromatic N) is 1. The molecule has 0 saturated heterocycles. The molecular formula is C21H16FN3O3. The maximum Gasteiger partial charge on any atom is 0.273 e. The zero-order valence-electron chi connectivity index (χ0n) is 14.6. The van der Waals surface area contributed by atoms with Gasteiger partial charge in [0.2, 0.25) is 0 Å². The fourth-order valence-electron chi connectivity index (χ4n) is 2.46. The fraction of sp³-hybridized carbons (Fsp3) is 0. The topological polar surface area (TPSA) is 90.8 Å². The first-order valence-electron chi connectivity index (χ1n) is 8.32. The first-order chi connectivity index (χ1) is 13.5. The molecule has 0 unspecified atom stereocenters. The summed E-state index contributed by atoms with van der Waals surface area (Å²) in [6.45, 7) is 0. The number of benzene rings is 3. The monoisotopic (exact) mass is 377 g/mol. The van der Waals surface area contributed by atoms with Gasteiger partial charge in [-0.2, -0.15) is 5.10 Å². The van der Waals surface area contributed by atoms with Crippen molar-refractivity contribution in [3.05, 3.63) is 95.3 Å². The van der Waals surface area contributed by atoms with Crippen LogP contribution in [0.4, 0.5) is 10.1 Å². The minimum Gasteiger partial charge on any atom is -0.508 e. The summed E-state index contributed by atoms with van der Waals surface area (Å²) in [6.07, 6.45) is 1.37. The number of hydrogen-bond acceptors (Lipinski definition) is 4. The average molecular weight is 377 g/mol. The van der Waals surface area contributed by atoms with Gasteiger partial charge in [-0.15, -0.1) is 0 Å². The molecule has 0 radical (unpaired) electrons. The van der Waals surface area contributed by atoms with Gasteiger partial charge in [0.25, 0.3) is 11.8 Å². The Balaban J connectivity index is 1.73. The van der Waals surface area contributed by atoms with Crippen LogP contribution in [0.2, 0.25) is 0 Å². The van der Waals surface area contributed by atoms with Gasteiger partial charge in [0.05, 0.1) is 23.0 Å². The van der Waals surface area contributed by atoms with Crippen molar-refractivity contribution in [1.82, 2.24) is 5.43 Å². The predicted molar refractivity (Wildman–Crippen MR) is 104 cm³/mol. The third-order valence-corrected chi connectivity index (χ3v) is 3.79. The molecule has 0 atom stereocenters. The Labute approximate surface area is 160 Å². The smallest absolute Gasteiger partial charge is 0.273 e. The van der Waals surface area contributed by atoms with E-state index in [1.807, 2.05) is 0 Å². The summed E-state index contributed by atoms with van der Waals surface area (Å²) >= 11 is 0. The molecule has 140 valence electrons. The quantitative estimate of drug-likeness (QED) is 0.469. The summed E-state index contributed by atoms with van der Waals surface area (Å²) in [7, 11) is 0. The van der Waals surface area contributed by atoms with Crippen molar-refractivity contribution < 1.29 is 19.1 Å². The summed E-state index contributed by atoms with van der Waals surface area (Å²) in [4.78, 5) is 24.7. The molecular weight excluding hydrogens is 361 g/mol. The van der Waals surface area contributed by atoms with Crippen LogP contribution in [0.1, 0.15) is 26.3 Å². The summed E-state index contributed by atoms with van der Waals surface area (Å²) in [5.74, 6) is -1.79. The van der Waals surface area contributed by atoms with Crippen LogP contribution in [-0.2, 0) is 0 Å². The van der Waals surface area contributed by atoms with Crippen molar-refractivity contribution >= 4 is 23.7 Å². The Hall–Kier alpha value is -4.00. The standard InChI is InChI=1S/C21H16FN3O3/c22-18-10-3-1-8-16(18)20(27)24-19-11-4-2-9-17(19)21(28)25-23-13-14-6-5-7-15(26)12-14/h1-13,26H,(H,24,27)(H,25,28)/b23-13+. The van der Waals surface area contributed by atoms with Crippen LogP contribution in [0.25, 0.3) is 0 Å². The largest absolute Gasteiger partial charge is 0.508 e. The number of hydrazone groups is 1. The van der Waals surface area contributed by atoms with E-state index in [0.29, 0.717) is 5.56 Å². The SMILES string of the molecule is O=C(Nc1ccccc1C(=O)N/N=C/c1cccc(O)c1)c1ccccc1F. The summed E-state index contributed by atoms with van der Waals surface area (Å²) in [5, 5.41) is 15.8. The molecule has 3 aromatic carbocycles. The second-order valence-electron chi connectivity index (χ2n) is 5.77. The molecule has 3 rings (SSSR count). The lowest BCUT2D eigenvalue weighted by atomic mass is 10.1. The van der Waals surface area contributed by atoms with E-state index in [-0.39, 0.29) is 22.6 Å². The number of phenolic OH excluding ortho intramolecular Hbond substituents is 1. The van der Waals surface area contributed by atoms with Gasteiger partial charge < -0.3 is 10.4 Å². The number of rotatable bonds is 5. The maximum absolute atomic E-state index is 13.8. The Morgan fingerprint density at radius 3 is 2.36 bits per heavy atom. The van der Waals surface area contributed by atoms with Crippen LogP contribution >= 0.6 is 0 Å². The molecule has 0 aliphatic carbocycles. The highest BCUT2D eigenvalue weighted by molar-refractivity contribution is 6.09. The highest BCUT2D eigenvalue weighted by atomic mass is 19.1. The van der Waals surface area contributed by atoms with Crippen molar-refractivity contribution in [2.24, 2.45) is 5.10 Å². The fourth-order valence-corrected chi connectivity index (χ4v) is 2.46. The number of carbonyl (C=O) groups excluding carboxylic acids is 2. The first-order valence-corrected chi connectivity index (χ1v) is 8.32. The molecule has 2 amide bonds. The Morgan fingerprint density at radius 2 is 1.61 bits per heavy atom. The lowest BCUT2D eigenvalue weighted by molar-refractivity contribution is 0.0956. The van der Waals surface area contributed by atoms with E-state index < -0.39 is 17.6 Å². The number of para-hydroxylation sites is 1. The van der Waals surface area contributed by atoms with Crippen LogP contribution in [0.3, 0.4) is 0 Å². The van der Waals surface area contributed by atoms with Gasteiger partial charge in [0, 0.05) is 0 Å². The number of amides is 2. The molecule has 0 aliphatic rings. The highest BCUT2D eigenvalue weighted by Gasteiger charge is 2.15. The van der Waals surface area contributed by atoms with Crippen molar-refractivity contribution in [1.29, 1.82) is 0 Å². The highest BCUT2D eigenvalue weighted by Crippen LogP contribution is 2.17. The van der Waals surface area contributed by atoms with E-state index in [1.165, 1.54) is 48.7 Å². The number of anilines is 1. The van der Waals surface area contributed by atoms with Crippen LogP contribution < -0.4 is 10.7 Å². The Bertz CT molecular complexity index is 1050. The molecule has 6 nitrogen and oxygen atoms in total. The van der Waals surface area contributed by atoms with E-state index in [0.717, 1.165) is 0 Å². The molecule has 28 heavy (non-hydrogen) atoms. The summed E-state index contributed by atoms with van der Waals surface area (Å²) in [5.41, 5.74) is 3.22. The van der Waals surface area contributed by atoms with Crippen LogP contribution in [0, 0.1) is 5.82 Å². The number of hydrogen-bond donors (Lipinski definition) is 3. The number of nitrogens with one attached hydrogen (secondary N) is 2. The van der Waals surface area contributed by atoms with Gasteiger partial charge in [0.1, 0.15) is 11.6 Å². The zero-order valence-corrected chi connectivity index (χ0v) is 14.6. The number of carbonyl (C=O) groups is 2. The lowest BCUT2D eigenvalue weighted by Crippen LogP contribution is -2.21. The van der Waals surface area contributed by atoms with E-state index in [9.17, 15) is 19.1 Å². The third-order valence-electron chi connectivity index (χ3n) is 3.79. The normalized spacial score (nSPS) is 10.6. The molecule has 0 bridgehead atoms. The Kier molecular flexibility index (Phi) is 5.76. The van der Waals surface area contributed by atoms with Crippen molar-refractivity contribution in [3.63, 3.8) is 0 Å². The van der Waals surface area contributed by atoms with E-state index >= 15 is 0 Å². The molecule has 0 fully saturated rings. The molecule has 0 heterocycles. The van der Waals surface area contributed by atoms with Crippen molar-refractivity contribution in [3.8, 4) is 5.75 Å². The van der Waals surface area contributed by atoms with Crippen molar-refractivity contribution in [2.75, 3.05) is 5.32 Å². The van der Waals surface area contributed by atoms with Crippen molar-refractivity contribution in [2.45, 2.75) is 0 Å². The minimum atomic E-state index is -0.665. The van der Waals surface area contributed by atoms with Crippen LogP contribution in [0.15, 0.2) is 77.9 Å². The van der Waals surface area contributed by atoms with Gasteiger partial charge in [-0.05, 0) is 42.0 Å². The second kappa shape index (κ2) is 8.59. The van der Waals surface area contributed by atoms with Gasteiger partial charge in [0.15, 0.2) is 0 Å². The number of halogens is 1. The zero-order chi connectivity index (χ0) is 19.9. The molecule has 0 aromatic heterocycles. The van der Waals surface area contributed by atoms with E-state index in [4.69, 9.17) is 0 Å². The molecule has 0 saturated carbocycles. The molecule has 0 spiro atoms. The predicted octanol–water partition coefficient (Wildman–Crippen LogP) is 3.55.